The van der Waals surface area contributed by atoms with Gasteiger partial charge in [0.15, 0.2) is 0 Å². The number of hydrogen-bond donors (Lipinski definition) is 1. The van der Waals surface area contributed by atoms with Crippen LogP contribution in [0.25, 0.3) is 0 Å². The van der Waals surface area contributed by atoms with Crippen molar-refractivity contribution in [3.63, 3.8) is 0 Å². The van der Waals surface area contributed by atoms with E-state index < -0.39 is 10.8 Å². The molecule has 1 aliphatic heterocycles. The molecule has 0 saturated carbocycles. The van der Waals surface area contributed by atoms with Crippen LogP contribution in [-0.2, 0) is 9.59 Å². The van der Waals surface area contributed by atoms with Gasteiger partial charge in [-0.3, -0.25) is 19.7 Å². The third-order valence-electron chi connectivity index (χ3n) is 4.91. The van der Waals surface area contributed by atoms with Crippen LogP contribution in [0.4, 0.5) is 5.69 Å². The van der Waals surface area contributed by atoms with Gasteiger partial charge >= 0.3 is 0 Å². The Morgan fingerprint density at radius 2 is 1.96 bits per heavy atom. The fraction of sp³-hybridized carbons (Fsp3) is 0.300. The predicted molar refractivity (Wildman–Crippen MR) is 96.8 cm³/mol. The average molecular weight is 352 g/mol. The molecule has 1 fully saturated rings. The number of ketones is 1. The van der Waals surface area contributed by atoms with Crippen LogP contribution in [0.2, 0.25) is 0 Å². The number of nitro groups is 1. The maximum absolute atomic E-state index is 12.8. The lowest BCUT2D eigenvalue weighted by molar-refractivity contribution is -0.384. The van der Waals surface area contributed by atoms with Crippen molar-refractivity contribution in [1.29, 1.82) is 0 Å². The molecule has 0 spiro atoms. The predicted octanol–water partition coefficient (Wildman–Crippen LogP) is 3.19. The van der Waals surface area contributed by atoms with Crippen molar-refractivity contribution in [3.05, 3.63) is 75.8 Å². The van der Waals surface area contributed by atoms with Crippen molar-refractivity contribution in [2.24, 2.45) is 5.92 Å². The van der Waals surface area contributed by atoms with E-state index in [1.165, 1.54) is 12.1 Å². The summed E-state index contributed by atoms with van der Waals surface area (Å²) in [6.07, 6.45) is 0.169. The van der Waals surface area contributed by atoms with Crippen LogP contribution in [0.15, 0.2) is 54.6 Å². The molecule has 1 saturated heterocycles. The van der Waals surface area contributed by atoms with Crippen LogP contribution in [0.5, 0.6) is 0 Å². The van der Waals surface area contributed by atoms with Crippen LogP contribution >= 0.6 is 0 Å². The summed E-state index contributed by atoms with van der Waals surface area (Å²) >= 11 is 0. The molecule has 0 radical (unpaired) electrons. The fourth-order valence-corrected chi connectivity index (χ4v) is 3.49. The van der Waals surface area contributed by atoms with E-state index in [1.807, 2.05) is 37.3 Å². The Bertz CT molecular complexity index is 835. The summed E-state index contributed by atoms with van der Waals surface area (Å²) in [5.41, 5.74) is 1.69. The molecule has 3 rings (SSSR count). The second-order valence-electron chi connectivity index (χ2n) is 6.66. The van der Waals surface area contributed by atoms with Gasteiger partial charge in [0.25, 0.3) is 5.69 Å². The van der Waals surface area contributed by atoms with E-state index in [1.54, 1.807) is 12.1 Å². The van der Waals surface area contributed by atoms with Crippen molar-refractivity contribution in [1.82, 2.24) is 5.32 Å². The average Bonchev–Trinajstić information content (AvgIpc) is 3.04. The lowest BCUT2D eigenvalue weighted by atomic mass is 9.82. The van der Waals surface area contributed by atoms with E-state index in [-0.39, 0.29) is 35.6 Å². The summed E-state index contributed by atoms with van der Waals surface area (Å²) in [6.45, 7) is 2.30. The third kappa shape index (κ3) is 3.64. The molecule has 6 nitrogen and oxygen atoms in total. The minimum Gasteiger partial charge on any atom is -0.355 e. The second kappa shape index (κ2) is 7.47. The van der Waals surface area contributed by atoms with Crippen molar-refractivity contribution in [2.75, 3.05) is 6.54 Å². The van der Waals surface area contributed by atoms with Gasteiger partial charge in [-0.1, -0.05) is 49.4 Å². The smallest absolute Gasteiger partial charge is 0.269 e. The molecule has 0 bridgehead atoms. The van der Waals surface area contributed by atoms with Crippen molar-refractivity contribution in [3.8, 4) is 0 Å². The Kier molecular flexibility index (Phi) is 5.11. The number of carbonyl (C=O) groups excluding carboxylic acids is 2. The van der Waals surface area contributed by atoms with Crippen LogP contribution in [0, 0.1) is 16.0 Å². The lowest BCUT2D eigenvalue weighted by Crippen LogP contribution is -2.28. The van der Waals surface area contributed by atoms with E-state index in [0.717, 1.165) is 11.1 Å². The number of nitro benzene ring substituents is 1. The number of amides is 1. The summed E-state index contributed by atoms with van der Waals surface area (Å²) in [7, 11) is 0. The Labute approximate surface area is 151 Å². The number of non-ortho nitro benzene ring substituents is 1. The minimum absolute atomic E-state index is 0.00238. The molecule has 0 unspecified atom stereocenters. The largest absolute Gasteiger partial charge is 0.355 e. The number of benzene rings is 2. The zero-order valence-corrected chi connectivity index (χ0v) is 14.4. The van der Waals surface area contributed by atoms with Crippen molar-refractivity contribution < 1.29 is 14.5 Å². The molecule has 134 valence electrons. The first-order valence-electron chi connectivity index (χ1n) is 8.57. The molecule has 1 aliphatic rings. The Morgan fingerprint density at radius 3 is 2.65 bits per heavy atom. The number of rotatable bonds is 6. The van der Waals surface area contributed by atoms with Gasteiger partial charge in [-0.25, -0.2) is 0 Å². The van der Waals surface area contributed by atoms with E-state index in [2.05, 4.69) is 5.32 Å². The van der Waals surface area contributed by atoms with Gasteiger partial charge in [0.05, 0.1) is 4.92 Å². The first kappa shape index (κ1) is 17.8. The van der Waals surface area contributed by atoms with Crippen LogP contribution in [0.3, 0.4) is 0 Å². The highest BCUT2D eigenvalue weighted by Crippen LogP contribution is 2.33. The fourth-order valence-electron chi connectivity index (χ4n) is 3.49. The van der Waals surface area contributed by atoms with Gasteiger partial charge in [-0.15, -0.1) is 0 Å². The lowest BCUT2D eigenvalue weighted by Gasteiger charge is -2.18. The Balaban J connectivity index is 1.76. The molecular weight excluding hydrogens is 332 g/mol. The summed E-state index contributed by atoms with van der Waals surface area (Å²) in [5.74, 6) is -1.46. The molecular formula is C20H20N2O4. The molecule has 26 heavy (non-hydrogen) atoms. The minimum atomic E-state index is -0.710. The molecule has 2 aromatic rings. The summed E-state index contributed by atoms with van der Waals surface area (Å²) in [6, 6.07) is 15.8. The Hall–Kier alpha value is -3.02. The molecule has 0 aliphatic carbocycles. The van der Waals surface area contributed by atoms with Crippen molar-refractivity contribution in [2.45, 2.75) is 25.2 Å². The van der Waals surface area contributed by atoms with E-state index in [9.17, 15) is 19.7 Å². The monoisotopic (exact) mass is 352 g/mol. The highest BCUT2D eigenvalue weighted by atomic mass is 16.6. The zero-order valence-electron chi connectivity index (χ0n) is 14.4. The first-order chi connectivity index (χ1) is 12.5. The first-order valence-corrected chi connectivity index (χ1v) is 8.57. The van der Waals surface area contributed by atoms with Crippen molar-refractivity contribution >= 4 is 17.4 Å². The normalized spacial score (nSPS) is 20.4. The van der Waals surface area contributed by atoms with Gasteiger partial charge in [-0.2, -0.15) is 0 Å². The number of Topliss-reactive ketones (excluding diaryl/α,β-unsaturated/α-hetero) is 1. The highest BCUT2D eigenvalue weighted by molar-refractivity contribution is 6.04. The van der Waals surface area contributed by atoms with Gasteiger partial charge < -0.3 is 5.32 Å². The van der Waals surface area contributed by atoms with Gasteiger partial charge in [0, 0.05) is 31.0 Å². The number of nitrogens with one attached hydrogen (secondary N) is 1. The topological polar surface area (TPSA) is 89.3 Å². The van der Waals surface area contributed by atoms with Gasteiger partial charge in [0.1, 0.15) is 11.7 Å². The summed E-state index contributed by atoms with van der Waals surface area (Å²) in [4.78, 5) is 35.6. The van der Waals surface area contributed by atoms with Crippen LogP contribution in [-0.4, -0.2) is 23.2 Å². The summed E-state index contributed by atoms with van der Waals surface area (Å²) in [5, 5.41) is 13.7. The quantitative estimate of drug-likeness (QED) is 0.491. The van der Waals surface area contributed by atoms with E-state index >= 15 is 0 Å². The van der Waals surface area contributed by atoms with E-state index in [4.69, 9.17) is 0 Å². The third-order valence-corrected chi connectivity index (χ3v) is 4.91. The van der Waals surface area contributed by atoms with Gasteiger partial charge in [0.2, 0.25) is 5.91 Å². The number of hydrogen-bond acceptors (Lipinski definition) is 4. The second-order valence-corrected chi connectivity index (χ2v) is 6.66. The molecule has 3 atom stereocenters. The molecule has 2 aromatic carbocycles. The maximum atomic E-state index is 12.8. The number of nitrogens with zero attached hydrogens (tertiary/aromatic N) is 1. The maximum Gasteiger partial charge on any atom is 0.269 e. The molecule has 1 amide bonds. The molecule has 6 heteroatoms. The molecule has 0 aromatic heterocycles. The summed E-state index contributed by atoms with van der Waals surface area (Å²) < 4.78 is 0. The van der Waals surface area contributed by atoms with Crippen LogP contribution < -0.4 is 5.32 Å². The van der Waals surface area contributed by atoms with E-state index in [0.29, 0.717) is 6.54 Å². The molecule has 1 heterocycles. The SMILES string of the molecule is C[C@H](CC(=O)[C@@H]1C(=O)NC[C@H]1c1ccccc1)c1cccc([N+](=O)[O-])c1. The van der Waals surface area contributed by atoms with Gasteiger partial charge in [-0.05, 0) is 17.0 Å². The number of carbonyl (C=O) groups is 2. The molecule has 1 N–H and O–H groups in total. The van der Waals surface area contributed by atoms with Crippen LogP contribution in [0.1, 0.15) is 36.3 Å². The Morgan fingerprint density at radius 1 is 1.23 bits per heavy atom. The zero-order chi connectivity index (χ0) is 18.7. The highest BCUT2D eigenvalue weighted by Gasteiger charge is 2.40. The standard InChI is InChI=1S/C20H20N2O4/c1-13(15-8-5-9-16(11-15)22(25)26)10-18(23)19-17(12-21-20(19)24)14-6-3-2-4-7-14/h2-9,11,13,17,19H,10,12H2,1H3,(H,21,24)/t13-,17+,19-/m1/s1.